The molecule has 0 aliphatic carbocycles. The van der Waals surface area contributed by atoms with E-state index in [1.54, 1.807) is 16.7 Å². The van der Waals surface area contributed by atoms with E-state index in [1.165, 1.54) is 0 Å². The van der Waals surface area contributed by atoms with E-state index >= 15 is 0 Å². The zero-order valence-electron chi connectivity index (χ0n) is 19.1. The molecule has 1 atom stereocenters. The van der Waals surface area contributed by atoms with Crippen LogP contribution < -0.4 is 16.3 Å². The molecular formula is C23H34N4O5. The molecule has 2 aromatic rings. The largest absolute Gasteiger partial charge is 0.396 e. The first kappa shape index (κ1) is 24.0. The lowest BCUT2D eigenvalue weighted by molar-refractivity contribution is -0.125. The van der Waals surface area contributed by atoms with E-state index in [1.807, 2.05) is 32.9 Å². The van der Waals surface area contributed by atoms with Gasteiger partial charge in [0.2, 0.25) is 5.91 Å². The van der Waals surface area contributed by atoms with Crippen molar-refractivity contribution in [2.24, 2.45) is 11.3 Å². The van der Waals surface area contributed by atoms with Crippen LogP contribution in [-0.4, -0.2) is 58.6 Å². The Kier molecular flexibility index (Phi) is 7.73. The van der Waals surface area contributed by atoms with E-state index in [9.17, 15) is 14.4 Å². The van der Waals surface area contributed by atoms with Gasteiger partial charge in [0.1, 0.15) is 6.04 Å². The second-order valence-electron chi connectivity index (χ2n) is 9.39. The van der Waals surface area contributed by atoms with Gasteiger partial charge in [-0.3, -0.25) is 9.36 Å². The lowest BCUT2D eigenvalue weighted by Gasteiger charge is -2.30. The average Bonchev–Trinajstić information content (AvgIpc) is 3.03. The maximum absolute atomic E-state index is 13.3. The third-order valence-electron chi connectivity index (χ3n) is 5.85. The number of ether oxygens (including phenoxy) is 1. The van der Waals surface area contributed by atoms with Gasteiger partial charge in [0, 0.05) is 32.9 Å². The number of hydrogen-bond acceptors (Lipinski definition) is 5. The minimum Gasteiger partial charge on any atom is -0.396 e. The van der Waals surface area contributed by atoms with Crippen molar-refractivity contribution >= 4 is 23.0 Å². The van der Waals surface area contributed by atoms with Crippen LogP contribution in [0.5, 0.6) is 0 Å². The quantitative estimate of drug-likeness (QED) is 0.560. The van der Waals surface area contributed by atoms with Gasteiger partial charge in [0.05, 0.1) is 11.0 Å². The number of aliphatic hydroxyl groups is 1. The van der Waals surface area contributed by atoms with Crippen LogP contribution in [0.2, 0.25) is 0 Å². The molecule has 1 aromatic heterocycles. The molecule has 0 bridgehead atoms. The Labute approximate surface area is 187 Å². The van der Waals surface area contributed by atoms with Crippen LogP contribution in [0.15, 0.2) is 29.1 Å². The molecule has 1 aliphatic rings. The summed E-state index contributed by atoms with van der Waals surface area (Å²) in [4.78, 5) is 39.3. The van der Waals surface area contributed by atoms with E-state index in [4.69, 9.17) is 9.84 Å². The summed E-state index contributed by atoms with van der Waals surface area (Å²) >= 11 is 0. The molecular weight excluding hydrogens is 412 g/mol. The molecule has 9 nitrogen and oxygen atoms in total. The summed E-state index contributed by atoms with van der Waals surface area (Å²) < 4.78 is 8.19. The molecule has 0 unspecified atom stereocenters. The molecule has 1 fully saturated rings. The van der Waals surface area contributed by atoms with E-state index in [-0.39, 0.29) is 12.5 Å². The van der Waals surface area contributed by atoms with Gasteiger partial charge in [0.25, 0.3) is 0 Å². The Hall–Kier alpha value is -2.65. The number of hydrogen-bond donors (Lipinski definition) is 3. The zero-order valence-corrected chi connectivity index (χ0v) is 19.1. The normalized spacial score (nSPS) is 16.1. The summed E-state index contributed by atoms with van der Waals surface area (Å²) in [6.07, 6.45) is 2.17. The van der Waals surface area contributed by atoms with Gasteiger partial charge in [-0.1, -0.05) is 32.9 Å². The summed E-state index contributed by atoms with van der Waals surface area (Å²) in [6, 6.07) is 5.73. The Balaban J connectivity index is 1.90. The van der Waals surface area contributed by atoms with Gasteiger partial charge >= 0.3 is 11.7 Å². The SMILES string of the molecule is CC(C)(C)[C@H](NC(=O)n1c(=O)n(CC2CCOCC2)c2ccccc21)C(=O)NCCCO. The molecule has 3 rings (SSSR count). The van der Waals surface area contributed by atoms with E-state index in [0.717, 1.165) is 17.4 Å². The van der Waals surface area contributed by atoms with E-state index < -0.39 is 23.2 Å². The van der Waals surface area contributed by atoms with Crippen molar-refractivity contribution in [3.63, 3.8) is 0 Å². The van der Waals surface area contributed by atoms with Crippen LogP contribution in [0.1, 0.15) is 40.0 Å². The predicted octanol–water partition coefficient (Wildman–Crippen LogP) is 1.70. The minimum atomic E-state index is -0.849. The topological polar surface area (TPSA) is 115 Å². The first-order chi connectivity index (χ1) is 15.2. The summed E-state index contributed by atoms with van der Waals surface area (Å²) in [5.41, 5.74) is 0.209. The van der Waals surface area contributed by atoms with Crippen LogP contribution in [0.3, 0.4) is 0 Å². The van der Waals surface area contributed by atoms with Crippen molar-refractivity contribution in [3.05, 3.63) is 34.7 Å². The molecule has 1 saturated heterocycles. The monoisotopic (exact) mass is 446 g/mol. The predicted molar refractivity (Wildman–Crippen MR) is 122 cm³/mol. The molecule has 176 valence electrons. The van der Waals surface area contributed by atoms with E-state index in [0.29, 0.717) is 49.7 Å². The number of fused-ring (bicyclic) bond motifs is 1. The maximum atomic E-state index is 13.3. The van der Waals surface area contributed by atoms with Crippen LogP contribution in [0, 0.1) is 11.3 Å². The lowest BCUT2D eigenvalue weighted by Crippen LogP contribution is -2.55. The Morgan fingerprint density at radius 2 is 1.84 bits per heavy atom. The second kappa shape index (κ2) is 10.3. The molecule has 1 aromatic carbocycles. The third kappa shape index (κ3) is 5.39. The number of amides is 2. The van der Waals surface area contributed by atoms with Gasteiger partial charge < -0.3 is 20.5 Å². The number of aromatic nitrogens is 2. The number of imidazole rings is 1. The number of nitrogens with zero attached hydrogens (tertiary/aromatic N) is 2. The molecule has 3 N–H and O–H groups in total. The fourth-order valence-corrected chi connectivity index (χ4v) is 4.02. The van der Waals surface area contributed by atoms with Crippen LogP contribution in [-0.2, 0) is 16.1 Å². The number of nitrogens with one attached hydrogen (secondary N) is 2. The molecule has 1 aliphatic heterocycles. The van der Waals surface area contributed by atoms with Crippen molar-refractivity contribution < 1.29 is 19.4 Å². The van der Waals surface area contributed by atoms with Gasteiger partial charge in [-0.05, 0) is 42.7 Å². The summed E-state index contributed by atoms with van der Waals surface area (Å²) in [6.45, 7) is 7.70. The van der Waals surface area contributed by atoms with Gasteiger partial charge in [-0.2, -0.15) is 0 Å². The van der Waals surface area contributed by atoms with Crippen molar-refractivity contribution in [2.45, 2.75) is 52.6 Å². The molecule has 0 spiro atoms. The smallest absolute Gasteiger partial charge is 0.337 e. The highest BCUT2D eigenvalue weighted by Gasteiger charge is 2.34. The average molecular weight is 447 g/mol. The minimum absolute atomic E-state index is 0.0329. The van der Waals surface area contributed by atoms with Crippen LogP contribution in [0.4, 0.5) is 4.79 Å². The fraction of sp³-hybridized carbons (Fsp3) is 0.609. The van der Waals surface area contributed by atoms with Gasteiger partial charge in [-0.25, -0.2) is 14.2 Å². The number of aliphatic hydroxyl groups excluding tert-OH is 1. The number of para-hydroxylation sites is 2. The number of carbonyl (C=O) groups is 2. The Morgan fingerprint density at radius 3 is 2.47 bits per heavy atom. The summed E-state index contributed by atoms with van der Waals surface area (Å²) in [5, 5.41) is 14.5. The molecule has 32 heavy (non-hydrogen) atoms. The number of benzene rings is 1. The molecule has 0 saturated carbocycles. The van der Waals surface area contributed by atoms with Crippen LogP contribution >= 0.6 is 0 Å². The highest BCUT2D eigenvalue weighted by Crippen LogP contribution is 2.22. The second-order valence-corrected chi connectivity index (χ2v) is 9.39. The Morgan fingerprint density at radius 1 is 1.19 bits per heavy atom. The number of rotatable bonds is 7. The molecule has 2 heterocycles. The fourth-order valence-electron chi connectivity index (χ4n) is 4.02. The summed E-state index contributed by atoms with van der Waals surface area (Å²) in [5.74, 6) is -0.0401. The first-order valence-corrected chi connectivity index (χ1v) is 11.2. The van der Waals surface area contributed by atoms with Crippen molar-refractivity contribution in [1.29, 1.82) is 0 Å². The zero-order chi connectivity index (χ0) is 23.3. The summed E-state index contributed by atoms with van der Waals surface area (Å²) in [7, 11) is 0. The molecule has 9 heteroatoms. The molecule has 0 radical (unpaired) electrons. The highest BCUT2D eigenvalue weighted by molar-refractivity contribution is 5.93. The standard InChI is InChI=1S/C23H34N4O5/c1-23(2,3)19(20(29)24-11-6-12-28)25-21(30)27-18-8-5-4-7-17(18)26(22(27)31)15-16-9-13-32-14-10-16/h4-5,7-8,16,19,28H,6,9-15H2,1-3H3,(H,24,29)(H,25,30)/t19-/m1/s1. The highest BCUT2D eigenvalue weighted by atomic mass is 16.5. The third-order valence-corrected chi connectivity index (χ3v) is 5.85. The van der Waals surface area contributed by atoms with Crippen molar-refractivity contribution in [1.82, 2.24) is 19.8 Å². The molecule has 2 amide bonds. The Bertz CT molecular complexity index is 998. The van der Waals surface area contributed by atoms with E-state index in [2.05, 4.69) is 10.6 Å². The van der Waals surface area contributed by atoms with Crippen LogP contribution in [0.25, 0.3) is 11.0 Å². The lowest BCUT2D eigenvalue weighted by atomic mass is 9.86. The maximum Gasteiger partial charge on any atom is 0.337 e. The van der Waals surface area contributed by atoms with Crippen molar-refractivity contribution in [3.8, 4) is 0 Å². The first-order valence-electron chi connectivity index (χ1n) is 11.2. The number of carbonyl (C=O) groups excluding carboxylic acids is 2. The van der Waals surface area contributed by atoms with Gasteiger partial charge in [-0.15, -0.1) is 0 Å². The van der Waals surface area contributed by atoms with Crippen molar-refractivity contribution in [2.75, 3.05) is 26.4 Å². The van der Waals surface area contributed by atoms with Gasteiger partial charge in [0.15, 0.2) is 0 Å².